The third kappa shape index (κ3) is 6.86. The monoisotopic (exact) mass is 350 g/mol. The second-order valence-electron chi connectivity index (χ2n) is 6.22. The SMILES string of the molecule is CC(NC(=O)NCCC(=O)NC1CCCC1)C(=O)NCc1ccco1. The van der Waals surface area contributed by atoms with Gasteiger partial charge in [-0.25, -0.2) is 4.79 Å². The quantitative estimate of drug-likeness (QED) is 0.561. The van der Waals surface area contributed by atoms with Gasteiger partial charge < -0.3 is 25.7 Å². The molecule has 0 radical (unpaired) electrons. The van der Waals surface area contributed by atoms with Crippen molar-refractivity contribution in [2.24, 2.45) is 0 Å². The number of urea groups is 1. The van der Waals surface area contributed by atoms with E-state index in [1.165, 1.54) is 6.26 Å². The lowest BCUT2D eigenvalue weighted by atomic mass is 10.2. The average Bonchev–Trinajstić information content (AvgIpc) is 3.25. The number of hydrogen-bond donors (Lipinski definition) is 4. The van der Waals surface area contributed by atoms with Gasteiger partial charge in [0.05, 0.1) is 12.8 Å². The zero-order valence-corrected chi connectivity index (χ0v) is 14.5. The Balaban J connectivity index is 1.57. The first kappa shape index (κ1) is 18.8. The summed E-state index contributed by atoms with van der Waals surface area (Å²) in [6.45, 7) is 2.08. The first-order valence-corrected chi connectivity index (χ1v) is 8.68. The van der Waals surface area contributed by atoms with Crippen LogP contribution in [0, 0.1) is 0 Å². The third-order valence-corrected chi connectivity index (χ3v) is 4.12. The Hall–Kier alpha value is -2.51. The molecule has 1 unspecified atom stereocenters. The van der Waals surface area contributed by atoms with Crippen molar-refractivity contribution in [3.05, 3.63) is 24.2 Å². The van der Waals surface area contributed by atoms with Crippen molar-refractivity contribution in [1.82, 2.24) is 21.3 Å². The summed E-state index contributed by atoms with van der Waals surface area (Å²) in [6, 6.07) is 2.59. The van der Waals surface area contributed by atoms with Crippen molar-refractivity contribution in [3.63, 3.8) is 0 Å². The van der Waals surface area contributed by atoms with E-state index in [1.54, 1.807) is 19.1 Å². The van der Waals surface area contributed by atoms with Crippen molar-refractivity contribution in [2.45, 2.75) is 57.7 Å². The first-order valence-electron chi connectivity index (χ1n) is 8.68. The Kier molecular flexibility index (Phi) is 7.31. The van der Waals surface area contributed by atoms with Crippen LogP contribution in [0.5, 0.6) is 0 Å². The van der Waals surface area contributed by atoms with E-state index >= 15 is 0 Å². The van der Waals surface area contributed by atoms with E-state index in [0.717, 1.165) is 25.7 Å². The van der Waals surface area contributed by atoms with Gasteiger partial charge in [-0.05, 0) is 31.9 Å². The van der Waals surface area contributed by atoms with Crippen molar-refractivity contribution in [2.75, 3.05) is 6.54 Å². The second-order valence-corrected chi connectivity index (χ2v) is 6.22. The molecule has 1 fully saturated rings. The minimum atomic E-state index is -0.692. The van der Waals surface area contributed by atoms with Crippen LogP contribution in [0.3, 0.4) is 0 Å². The van der Waals surface area contributed by atoms with E-state index in [2.05, 4.69) is 21.3 Å². The molecule has 0 aromatic carbocycles. The molecular weight excluding hydrogens is 324 g/mol. The minimum Gasteiger partial charge on any atom is -0.467 e. The molecule has 8 heteroatoms. The molecule has 8 nitrogen and oxygen atoms in total. The molecule has 4 amide bonds. The number of rotatable bonds is 8. The highest BCUT2D eigenvalue weighted by Gasteiger charge is 2.18. The maximum Gasteiger partial charge on any atom is 0.315 e. The first-order chi connectivity index (χ1) is 12.0. The molecule has 0 saturated heterocycles. The van der Waals surface area contributed by atoms with Gasteiger partial charge in [-0.2, -0.15) is 0 Å². The van der Waals surface area contributed by atoms with Gasteiger partial charge in [0.1, 0.15) is 11.8 Å². The Morgan fingerprint density at radius 3 is 2.68 bits per heavy atom. The van der Waals surface area contributed by atoms with Gasteiger partial charge in [0, 0.05) is 19.0 Å². The van der Waals surface area contributed by atoms with Crippen LogP contribution in [-0.4, -0.2) is 36.5 Å². The van der Waals surface area contributed by atoms with Gasteiger partial charge in [0.2, 0.25) is 11.8 Å². The molecule has 0 bridgehead atoms. The minimum absolute atomic E-state index is 0.0589. The number of carbonyl (C=O) groups is 3. The Bertz CT molecular complexity index is 567. The van der Waals surface area contributed by atoms with Crippen LogP contribution in [0.25, 0.3) is 0 Å². The van der Waals surface area contributed by atoms with Crippen LogP contribution in [0.1, 0.15) is 44.8 Å². The van der Waals surface area contributed by atoms with Crippen LogP contribution < -0.4 is 21.3 Å². The third-order valence-electron chi connectivity index (χ3n) is 4.12. The summed E-state index contributed by atoms with van der Waals surface area (Å²) in [5.41, 5.74) is 0. The Labute approximate surface area is 147 Å². The summed E-state index contributed by atoms with van der Waals surface area (Å²) in [5.74, 6) is 0.264. The molecule has 2 rings (SSSR count). The fourth-order valence-corrected chi connectivity index (χ4v) is 2.71. The summed E-state index contributed by atoms with van der Waals surface area (Å²) in [7, 11) is 0. The lowest BCUT2D eigenvalue weighted by molar-refractivity contribution is -0.123. The van der Waals surface area contributed by atoms with Gasteiger partial charge in [-0.1, -0.05) is 12.8 Å². The molecule has 1 aromatic heterocycles. The number of nitrogens with one attached hydrogen (secondary N) is 4. The predicted octanol–water partition coefficient (Wildman–Crippen LogP) is 1.03. The maximum absolute atomic E-state index is 11.9. The normalized spacial score (nSPS) is 15.4. The molecule has 1 aliphatic rings. The number of amides is 4. The molecule has 25 heavy (non-hydrogen) atoms. The number of furan rings is 1. The van der Waals surface area contributed by atoms with Crippen molar-refractivity contribution in [3.8, 4) is 0 Å². The van der Waals surface area contributed by atoms with Crippen molar-refractivity contribution >= 4 is 17.8 Å². The molecule has 1 aromatic rings. The standard InChI is InChI=1S/C17H26N4O4/c1-12(16(23)19-11-14-7-4-10-25-14)20-17(24)18-9-8-15(22)21-13-5-2-3-6-13/h4,7,10,12-13H,2-3,5-6,8-9,11H2,1H3,(H,19,23)(H,21,22)(H2,18,20,24). The molecule has 0 spiro atoms. The highest BCUT2D eigenvalue weighted by atomic mass is 16.3. The van der Waals surface area contributed by atoms with E-state index in [4.69, 9.17) is 4.42 Å². The fourth-order valence-electron chi connectivity index (χ4n) is 2.71. The molecular formula is C17H26N4O4. The predicted molar refractivity (Wildman–Crippen MR) is 91.6 cm³/mol. The molecule has 138 valence electrons. The topological polar surface area (TPSA) is 112 Å². The van der Waals surface area contributed by atoms with E-state index in [1.807, 2.05) is 0 Å². The van der Waals surface area contributed by atoms with E-state index in [0.29, 0.717) is 5.76 Å². The smallest absolute Gasteiger partial charge is 0.315 e. The second kappa shape index (κ2) is 9.71. The molecule has 0 aliphatic heterocycles. The van der Waals surface area contributed by atoms with E-state index < -0.39 is 12.1 Å². The zero-order chi connectivity index (χ0) is 18.1. The molecule has 1 heterocycles. The maximum atomic E-state index is 11.9. The average molecular weight is 350 g/mol. The van der Waals surface area contributed by atoms with E-state index in [9.17, 15) is 14.4 Å². The summed E-state index contributed by atoms with van der Waals surface area (Å²) >= 11 is 0. The van der Waals surface area contributed by atoms with Gasteiger partial charge in [0.25, 0.3) is 0 Å². The van der Waals surface area contributed by atoms with Crippen LogP contribution in [0.4, 0.5) is 4.79 Å². The van der Waals surface area contributed by atoms with Gasteiger partial charge >= 0.3 is 6.03 Å². The van der Waals surface area contributed by atoms with Crippen LogP contribution in [-0.2, 0) is 16.1 Å². The number of hydrogen-bond acceptors (Lipinski definition) is 4. The van der Waals surface area contributed by atoms with Crippen molar-refractivity contribution < 1.29 is 18.8 Å². The fraction of sp³-hybridized carbons (Fsp3) is 0.588. The Morgan fingerprint density at radius 1 is 1.24 bits per heavy atom. The van der Waals surface area contributed by atoms with Gasteiger partial charge in [0.15, 0.2) is 0 Å². The highest BCUT2D eigenvalue weighted by Crippen LogP contribution is 2.17. The summed E-state index contributed by atoms with van der Waals surface area (Å²) in [6.07, 6.45) is 6.13. The number of carbonyl (C=O) groups excluding carboxylic acids is 3. The largest absolute Gasteiger partial charge is 0.467 e. The summed E-state index contributed by atoms with van der Waals surface area (Å²) in [4.78, 5) is 35.4. The molecule has 4 N–H and O–H groups in total. The molecule has 1 atom stereocenters. The van der Waals surface area contributed by atoms with Crippen molar-refractivity contribution in [1.29, 1.82) is 0 Å². The van der Waals surface area contributed by atoms with Crippen LogP contribution in [0.15, 0.2) is 22.8 Å². The van der Waals surface area contributed by atoms with Crippen LogP contribution in [0.2, 0.25) is 0 Å². The lowest BCUT2D eigenvalue weighted by Crippen LogP contribution is -2.48. The summed E-state index contributed by atoms with van der Waals surface area (Å²) < 4.78 is 5.12. The van der Waals surface area contributed by atoms with Gasteiger partial charge in [-0.3, -0.25) is 9.59 Å². The van der Waals surface area contributed by atoms with E-state index in [-0.39, 0.29) is 37.4 Å². The molecule has 1 aliphatic carbocycles. The lowest BCUT2D eigenvalue weighted by Gasteiger charge is -2.15. The zero-order valence-electron chi connectivity index (χ0n) is 14.5. The Morgan fingerprint density at radius 2 is 2.00 bits per heavy atom. The van der Waals surface area contributed by atoms with Crippen LogP contribution >= 0.6 is 0 Å². The summed E-state index contributed by atoms with van der Waals surface area (Å²) in [5, 5.41) is 10.7. The van der Waals surface area contributed by atoms with Gasteiger partial charge in [-0.15, -0.1) is 0 Å². The molecule has 1 saturated carbocycles. The highest BCUT2D eigenvalue weighted by molar-refractivity contribution is 5.86.